The predicted molar refractivity (Wildman–Crippen MR) is 180 cm³/mol. The molecule has 44 heavy (non-hydrogen) atoms. The molecule has 3 aromatic rings. The first-order valence-corrected chi connectivity index (χ1v) is 16.4. The molecule has 6 rings (SSSR count). The van der Waals surface area contributed by atoms with Crippen molar-refractivity contribution in [3.63, 3.8) is 0 Å². The number of nitriles is 1. The number of nitrogens with one attached hydrogen (secondary N) is 2. The van der Waals surface area contributed by atoms with Crippen molar-refractivity contribution in [3.8, 4) is 6.07 Å². The van der Waals surface area contributed by atoms with E-state index in [9.17, 15) is 10.1 Å². The van der Waals surface area contributed by atoms with Crippen molar-refractivity contribution >= 4 is 57.3 Å². The minimum absolute atomic E-state index is 0.0787. The fraction of sp³-hybridized carbons (Fsp3) is 0.303. The van der Waals surface area contributed by atoms with Crippen LogP contribution in [0, 0.1) is 11.3 Å². The highest BCUT2D eigenvalue weighted by atomic mass is 32.2. The first-order valence-electron chi connectivity index (χ1n) is 14.8. The fourth-order valence-corrected chi connectivity index (χ4v) is 7.68. The molecule has 0 bridgehead atoms. The summed E-state index contributed by atoms with van der Waals surface area (Å²) < 4.78 is 5.46. The van der Waals surface area contributed by atoms with Crippen LogP contribution in [-0.4, -0.2) is 73.9 Å². The summed E-state index contributed by atoms with van der Waals surface area (Å²) in [5.74, 6) is -0.0787. The van der Waals surface area contributed by atoms with Crippen molar-refractivity contribution in [2.45, 2.75) is 18.4 Å². The molecular formula is C33H35N7O2S2. The number of carbonyl (C=O) groups is 1. The lowest BCUT2D eigenvalue weighted by atomic mass is 10.2. The van der Waals surface area contributed by atoms with E-state index in [-0.39, 0.29) is 5.91 Å². The standard InChI is InChI=1S/C33H35N7O2S2/c1-3-35-26-11-9-24(21-34)19-27(26)37-33-40(22-23-7-5-4-6-8-23)31(41)30(44-33)32-38(2)28-12-10-25(20-29(28)43-32)36-13-14-39-15-17-42-18-16-39/h4-12,19-20,35-36H,3,13-18,22H2,1-2H3/b32-30-,37-33+. The summed E-state index contributed by atoms with van der Waals surface area (Å²) in [6.45, 7) is 8.51. The molecule has 2 fully saturated rings. The zero-order valence-corrected chi connectivity index (χ0v) is 26.5. The van der Waals surface area contributed by atoms with Crippen LogP contribution in [-0.2, 0) is 16.1 Å². The summed E-state index contributed by atoms with van der Waals surface area (Å²) >= 11 is 3.00. The van der Waals surface area contributed by atoms with E-state index >= 15 is 0 Å². The summed E-state index contributed by atoms with van der Waals surface area (Å²) in [6.07, 6.45) is 0. The van der Waals surface area contributed by atoms with Gasteiger partial charge in [-0.05, 0) is 60.6 Å². The summed E-state index contributed by atoms with van der Waals surface area (Å²) in [6, 6.07) is 23.9. The van der Waals surface area contributed by atoms with Gasteiger partial charge < -0.3 is 20.3 Å². The Labute approximate surface area is 267 Å². The molecule has 11 heteroatoms. The highest BCUT2D eigenvalue weighted by Gasteiger charge is 2.39. The Hall–Kier alpha value is -3.95. The quantitative estimate of drug-likeness (QED) is 0.282. The van der Waals surface area contributed by atoms with Crippen molar-refractivity contribution in [2.24, 2.45) is 4.99 Å². The molecule has 0 radical (unpaired) electrons. The van der Waals surface area contributed by atoms with Crippen LogP contribution in [0.2, 0.25) is 0 Å². The number of hydrogen-bond acceptors (Lipinski definition) is 10. The van der Waals surface area contributed by atoms with E-state index < -0.39 is 0 Å². The molecule has 0 aromatic heterocycles. The Kier molecular flexibility index (Phi) is 9.43. The van der Waals surface area contributed by atoms with E-state index in [4.69, 9.17) is 9.73 Å². The van der Waals surface area contributed by atoms with Crippen LogP contribution in [0.4, 0.5) is 22.7 Å². The molecule has 3 aliphatic heterocycles. The van der Waals surface area contributed by atoms with E-state index in [0.717, 1.165) is 71.9 Å². The van der Waals surface area contributed by atoms with Crippen LogP contribution in [0.15, 0.2) is 86.6 Å². The van der Waals surface area contributed by atoms with Crippen LogP contribution in [0.25, 0.3) is 0 Å². The van der Waals surface area contributed by atoms with Gasteiger partial charge in [-0.1, -0.05) is 42.1 Å². The number of anilines is 3. The number of carbonyl (C=O) groups excluding carboxylic acids is 1. The second kappa shape index (κ2) is 13.8. The van der Waals surface area contributed by atoms with Gasteiger partial charge in [0.1, 0.15) is 4.91 Å². The number of benzene rings is 3. The Morgan fingerprint density at radius 1 is 1.02 bits per heavy atom. The minimum atomic E-state index is -0.0787. The van der Waals surface area contributed by atoms with Crippen molar-refractivity contribution in [1.82, 2.24) is 9.80 Å². The SMILES string of the molecule is CCNc1ccc(C#N)cc1/N=C1/S/C(=C2\Sc3cc(NCCN4CCOCC4)ccc3N2C)C(=O)N1Cc1ccccc1. The zero-order chi connectivity index (χ0) is 30.5. The van der Waals surface area contributed by atoms with Gasteiger partial charge in [-0.25, -0.2) is 4.99 Å². The smallest absolute Gasteiger partial charge is 0.269 e. The lowest BCUT2D eigenvalue weighted by molar-refractivity contribution is -0.122. The molecule has 3 heterocycles. The van der Waals surface area contributed by atoms with E-state index in [1.807, 2.05) is 50.4 Å². The van der Waals surface area contributed by atoms with Crippen LogP contribution in [0.3, 0.4) is 0 Å². The number of rotatable bonds is 9. The molecule has 226 valence electrons. The average Bonchev–Trinajstić information content (AvgIpc) is 3.53. The van der Waals surface area contributed by atoms with Gasteiger partial charge in [0.2, 0.25) is 0 Å². The van der Waals surface area contributed by atoms with E-state index in [1.54, 1.807) is 28.8 Å². The van der Waals surface area contributed by atoms with Crippen LogP contribution < -0.4 is 15.5 Å². The summed E-state index contributed by atoms with van der Waals surface area (Å²) in [5, 5.41) is 17.9. The van der Waals surface area contributed by atoms with Gasteiger partial charge in [-0.2, -0.15) is 5.26 Å². The van der Waals surface area contributed by atoms with Crippen molar-refractivity contribution in [3.05, 3.63) is 87.8 Å². The van der Waals surface area contributed by atoms with Gasteiger partial charge >= 0.3 is 0 Å². The highest BCUT2D eigenvalue weighted by Crippen LogP contribution is 2.51. The molecule has 3 aromatic carbocycles. The number of aliphatic imine (C=N–C) groups is 1. The van der Waals surface area contributed by atoms with E-state index in [0.29, 0.717) is 34.4 Å². The van der Waals surface area contributed by atoms with Crippen molar-refractivity contribution in [2.75, 3.05) is 68.5 Å². The van der Waals surface area contributed by atoms with Crippen LogP contribution >= 0.6 is 23.5 Å². The predicted octanol–water partition coefficient (Wildman–Crippen LogP) is 5.91. The maximum Gasteiger partial charge on any atom is 0.269 e. The number of amidine groups is 1. The molecule has 9 nitrogen and oxygen atoms in total. The van der Waals surface area contributed by atoms with E-state index in [2.05, 4.69) is 44.7 Å². The second-order valence-corrected chi connectivity index (χ2v) is 12.6. The summed E-state index contributed by atoms with van der Waals surface area (Å²) in [7, 11) is 2.01. The largest absolute Gasteiger partial charge is 0.384 e. The monoisotopic (exact) mass is 625 g/mol. The lowest BCUT2D eigenvalue weighted by Gasteiger charge is -2.26. The molecular weight excluding hydrogens is 591 g/mol. The number of thioether (sulfide) groups is 2. The Morgan fingerprint density at radius 2 is 1.84 bits per heavy atom. The van der Waals surface area contributed by atoms with Crippen LogP contribution in [0.5, 0.6) is 0 Å². The molecule has 0 aliphatic carbocycles. The molecule has 3 aliphatic rings. The van der Waals surface area contributed by atoms with Gasteiger partial charge in [0.25, 0.3) is 5.91 Å². The topological polar surface area (TPSA) is 96.2 Å². The first kappa shape index (κ1) is 30.1. The summed E-state index contributed by atoms with van der Waals surface area (Å²) in [5.41, 5.74) is 5.12. The molecule has 0 atom stereocenters. The van der Waals surface area contributed by atoms with Gasteiger partial charge in [0.15, 0.2) is 5.17 Å². The molecule has 2 N–H and O–H groups in total. The Balaban J connectivity index is 1.28. The maximum absolute atomic E-state index is 14.1. The highest BCUT2D eigenvalue weighted by molar-refractivity contribution is 8.19. The third-order valence-corrected chi connectivity index (χ3v) is 10.1. The van der Waals surface area contributed by atoms with Crippen molar-refractivity contribution < 1.29 is 9.53 Å². The summed E-state index contributed by atoms with van der Waals surface area (Å²) in [4.78, 5) is 27.1. The zero-order valence-electron chi connectivity index (χ0n) is 24.9. The third kappa shape index (κ3) is 6.59. The lowest BCUT2D eigenvalue weighted by Crippen LogP contribution is -2.39. The third-order valence-electron chi connectivity index (χ3n) is 7.64. The number of hydrogen-bond donors (Lipinski definition) is 2. The average molecular weight is 626 g/mol. The maximum atomic E-state index is 14.1. The number of ether oxygens (including phenoxy) is 1. The number of amides is 1. The second-order valence-electron chi connectivity index (χ2n) is 10.6. The van der Waals surface area contributed by atoms with Gasteiger partial charge in [-0.15, -0.1) is 0 Å². The van der Waals surface area contributed by atoms with E-state index in [1.165, 1.54) is 11.8 Å². The Bertz CT molecular complexity index is 1630. The van der Waals surface area contributed by atoms with Gasteiger partial charge in [-0.3, -0.25) is 14.6 Å². The Morgan fingerprint density at radius 3 is 2.61 bits per heavy atom. The molecule has 1 amide bonds. The normalized spacial score (nSPS) is 19.4. The van der Waals surface area contributed by atoms with Crippen molar-refractivity contribution in [1.29, 1.82) is 5.26 Å². The number of morpholine rings is 1. The molecule has 0 unspecified atom stereocenters. The molecule has 0 saturated carbocycles. The van der Waals surface area contributed by atoms with Gasteiger partial charge in [0.05, 0.1) is 53.5 Å². The minimum Gasteiger partial charge on any atom is -0.384 e. The van der Waals surface area contributed by atoms with Crippen LogP contribution in [0.1, 0.15) is 18.1 Å². The molecule has 2 saturated heterocycles. The fourth-order valence-electron chi connectivity index (χ4n) is 5.31. The number of fused-ring (bicyclic) bond motifs is 1. The number of nitrogens with zero attached hydrogens (tertiary/aromatic N) is 5. The first-order chi connectivity index (χ1) is 21.5. The molecule has 0 spiro atoms. The van der Waals surface area contributed by atoms with Gasteiger partial charge in [0, 0.05) is 50.4 Å².